The fourth-order valence-corrected chi connectivity index (χ4v) is 3.61. The Morgan fingerprint density at radius 3 is 2.60 bits per heavy atom. The van der Waals surface area contributed by atoms with E-state index >= 15 is 0 Å². The molecule has 0 saturated carbocycles. The number of imidazole rings is 1. The maximum atomic E-state index is 9.62. The van der Waals surface area contributed by atoms with E-state index in [1.807, 2.05) is 24.3 Å². The number of aliphatic hydroxyl groups is 1. The van der Waals surface area contributed by atoms with Crippen LogP contribution in [0, 0.1) is 6.92 Å². The van der Waals surface area contributed by atoms with Gasteiger partial charge in [0.25, 0.3) is 0 Å². The first-order valence-corrected chi connectivity index (χ1v) is 9.14. The monoisotopic (exact) mass is 354 g/mol. The lowest BCUT2D eigenvalue weighted by atomic mass is 10.2. The summed E-state index contributed by atoms with van der Waals surface area (Å²) in [5.74, 6) is 1.69. The van der Waals surface area contributed by atoms with E-state index in [9.17, 15) is 5.11 Å². The number of aliphatic hydroxyl groups excluding tert-OH is 1. The molecule has 0 aliphatic carbocycles. The zero-order valence-corrected chi connectivity index (χ0v) is 15.3. The van der Waals surface area contributed by atoms with Crippen molar-refractivity contribution in [2.24, 2.45) is 0 Å². The second-order valence-electron chi connectivity index (χ2n) is 5.90. The van der Waals surface area contributed by atoms with E-state index in [1.54, 1.807) is 25.1 Å². The van der Waals surface area contributed by atoms with Crippen molar-refractivity contribution in [2.45, 2.75) is 31.0 Å². The van der Waals surface area contributed by atoms with E-state index in [1.165, 1.54) is 11.1 Å². The van der Waals surface area contributed by atoms with Crippen LogP contribution in [0.15, 0.2) is 59.9 Å². The van der Waals surface area contributed by atoms with Crippen molar-refractivity contribution >= 4 is 11.8 Å². The van der Waals surface area contributed by atoms with Crippen LogP contribution >= 0.6 is 11.8 Å². The molecule has 3 rings (SSSR count). The van der Waals surface area contributed by atoms with Crippen LogP contribution in [0.4, 0.5) is 0 Å². The molecule has 0 saturated heterocycles. The third-order valence-corrected chi connectivity index (χ3v) is 5.08. The molecule has 0 unspecified atom stereocenters. The van der Waals surface area contributed by atoms with Crippen LogP contribution in [0.3, 0.4) is 0 Å². The van der Waals surface area contributed by atoms with E-state index in [2.05, 4.69) is 40.7 Å². The van der Waals surface area contributed by atoms with Gasteiger partial charge >= 0.3 is 0 Å². The summed E-state index contributed by atoms with van der Waals surface area (Å²) in [6.45, 7) is 2.76. The summed E-state index contributed by atoms with van der Waals surface area (Å²) in [5.41, 5.74) is 4.50. The molecule has 0 spiro atoms. The molecule has 0 aliphatic heterocycles. The van der Waals surface area contributed by atoms with Crippen LogP contribution in [-0.2, 0) is 18.9 Å². The fourth-order valence-electron chi connectivity index (χ4n) is 2.67. The minimum atomic E-state index is -0.0197. The van der Waals surface area contributed by atoms with Gasteiger partial charge in [0.05, 0.1) is 25.6 Å². The highest BCUT2D eigenvalue weighted by atomic mass is 32.2. The van der Waals surface area contributed by atoms with Crippen LogP contribution in [-0.4, -0.2) is 21.8 Å². The van der Waals surface area contributed by atoms with Gasteiger partial charge in [-0.3, -0.25) is 0 Å². The lowest BCUT2D eigenvalue weighted by Gasteiger charge is -2.11. The lowest BCUT2D eigenvalue weighted by Crippen LogP contribution is -2.06. The number of ether oxygens (including phenoxy) is 1. The van der Waals surface area contributed by atoms with Crippen LogP contribution < -0.4 is 4.74 Å². The number of hydrogen-bond acceptors (Lipinski definition) is 4. The number of benzene rings is 2. The van der Waals surface area contributed by atoms with Gasteiger partial charge in [-0.2, -0.15) is 0 Å². The molecule has 0 fully saturated rings. The Kier molecular flexibility index (Phi) is 5.79. The molecule has 130 valence electrons. The summed E-state index contributed by atoms with van der Waals surface area (Å²) in [6.07, 6.45) is 1.75. The quantitative estimate of drug-likeness (QED) is 0.651. The Bertz CT molecular complexity index is 828. The Labute approximate surface area is 152 Å². The van der Waals surface area contributed by atoms with Crippen molar-refractivity contribution in [3.63, 3.8) is 0 Å². The second kappa shape index (κ2) is 8.23. The summed E-state index contributed by atoms with van der Waals surface area (Å²) in [4.78, 5) is 4.50. The summed E-state index contributed by atoms with van der Waals surface area (Å²) in [6, 6.07) is 16.5. The summed E-state index contributed by atoms with van der Waals surface area (Å²) in [5, 5.41) is 10.5. The molecule has 1 heterocycles. The maximum absolute atomic E-state index is 9.62. The van der Waals surface area contributed by atoms with Crippen molar-refractivity contribution in [1.29, 1.82) is 0 Å². The van der Waals surface area contributed by atoms with Crippen molar-refractivity contribution in [3.8, 4) is 5.75 Å². The van der Waals surface area contributed by atoms with Gasteiger partial charge in [-0.05, 0) is 30.2 Å². The van der Waals surface area contributed by atoms with Crippen LogP contribution in [0.25, 0.3) is 0 Å². The predicted molar refractivity (Wildman–Crippen MR) is 101 cm³/mol. The highest BCUT2D eigenvalue weighted by Crippen LogP contribution is 2.25. The lowest BCUT2D eigenvalue weighted by molar-refractivity contribution is 0.270. The van der Waals surface area contributed by atoms with Crippen molar-refractivity contribution in [3.05, 3.63) is 77.1 Å². The van der Waals surface area contributed by atoms with Crippen molar-refractivity contribution in [1.82, 2.24) is 9.55 Å². The first kappa shape index (κ1) is 17.6. The Morgan fingerprint density at radius 2 is 1.92 bits per heavy atom. The molecule has 1 aromatic heterocycles. The van der Waals surface area contributed by atoms with Gasteiger partial charge in [-0.1, -0.05) is 53.7 Å². The maximum Gasteiger partial charge on any atom is 0.168 e. The number of hydrogen-bond donors (Lipinski definition) is 1. The molecule has 0 amide bonds. The minimum Gasteiger partial charge on any atom is -0.497 e. The summed E-state index contributed by atoms with van der Waals surface area (Å²) >= 11 is 1.69. The number of thioether (sulfide) groups is 1. The first-order chi connectivity index (χ1) is 12.2. The highest BCUT2D eigenvalue weighted by molar-refractivity contribution is 7.98. The number of nitrogens with zero attached hydrogens (tertiary/aromatic N) is 2. The third-order valence-electron chi connectivity index (χ3n) is 4.01. The topological polar surface area (TPSA) is 47.3 Å². The Hall–Kier alpha value is -2.24. The molecule has 0 aliphatic rings. The van der Waals surface area contributed by atoms with Gasteiger partial charge < -0.3 is 14.4 Å². The molecular formula is C20H22N2O2S. The van der Waals surface area contributed by atoms with Crippen molar-refractivity contribution < 1.29 is 9.84 Å². The number of methoxy groups -OCH3 is 1. The molecule has 3 aromatic rings. The molecule has 0 radical (unpaired) electrons. The van der Waals surface area contributed by atoms with Gasteiger partial charge in [0.2, 0.25) is 0 Å². The normalized spacial score (nSPS) is 10.8. The van der Waals surface area contributed by atoms with E-state index in [0.29, 0.717) is 6.54 Å². The van der Waals surface area contributed by atoms with Crippen molar-refractivity contribution in [2.75, 3.05) is 7.11 Å². The van der Waals surface area contributed by atoms with E-state index < -0.39 is 0 Å². The molecule has 2 aromatic carbocycles. The molecule has 0 bridgehead atoms. The fraction of sp³-hybridized carbons (Fsp3) is 0.250. The summed E-state index contributed by atoms with van der Waals surface area (Å²) in [7, 11) is 1.66. The highest BCUT2D eigenvalue weighted by Gasteiger charge is 2.11. The third kappa shape index (κ3) is 4.44. The summed E-state index contributed by atoms with van der Waals surface area (Å²) < 4.78 is 7.28. The average molecular weight is 354 g/mol. The Morgan fingerprint density at radius 1 is 1.12 bits per heavy atom. The number of aromatic nitrogens is 2. The van der Waals surface area contributed by atoms with Crippen LogP contribution in [0.2, 0.25) is 0 Å². The SMILES string of the molecule is COc1ccc(Cn2c(CO)cnc2SCc2cccc(C)c2)cc1. The predicted octanol–water partition coefficient (Wildman–Crippen LogP) is 4.03. The molecule has 4 nitrogen and oxygen atoms in total. The zero-order valence-electron chi connectivity index (χ0n) is 14.5. The van der Waals surface area contributed by atoms with Gasteiger partial charge in [0.15, 0.2) is 5.16 Å². The van der Waals surface area contributed by atoms with E-state index in [4.69, 9.17) is 4.74 Å². The van der Waals surface area contributed by atoms with Crippen LogP contribution in [0.5, 0.6) is 5.75 Å². The molecule has 25 heavy (non-hydrogen) atoms. The average Bonchev–Trinajstić information content (AvgIpc) is 3.02. The number of rotatable bonds is 7. The van der Waals surface area contributed by atoms with Gasteiger partial charge in [0.1, 0.15) is 5.75 Å². The van der Waals surface area contributed by atoms with Gasteiger partial charge in [-0.15, -0.1) is 0 Å². The van der Waals surface area contributed by atoms with E-state index in [0.717, 1.165) is 27.9 Å². The standard InChI is InChI=1S/C20H22N2O2S/c1-15-4-3-5-17(10-15)14-25-20-21-11-18(13-23)22(20)12-16-6-8-19(24-2)9-7-16/h3-11,23H,12-14H2,1-2H3. The largest absolute Gasteiger partial charge is 0.497 e. The van der Waals surface area contributed by atoms with Crippen LogP contribution in [0.1, 0.15) is 22.4 Å². The molecular weight excluding hydrogens is 332 g/mol. The zero-order chi connectivity index (χ0) is 17.6. The van der Waals surface area contributed by atoms with Gasteiger partial charge in [-0.25, -0.2) is 4.98 Å². The Balaban J connectivity index is 1.77. The van der Waals surface area contributed by atoms with Gasteiger partial charge in [0, 0.05) is 12.3 Å². The first-order valence-electron chi connectivity index (χ1n) is 8.16. The molecule has 0 atom stereocenters. The number of aryl methyl sites for hydroxylation is 1. The smallest absolute Gasteiger partial charge is 0.168 e. The molecule has 5 heteroatoms. The molecule has 1 N–H and O–H groups in total. The van der Waals surface area contributed by atoms with E-state index in [-0.39, 0.29) is 6.61 Å². The second-order valence-corrected chi connectivity index (χ2v) is 6.84. The minimum absolute atomic E-state index is 0.0197.